The molecule has 3 N–H and O–H groups in total. The molecular formula is C5H11NO2. The molecule has 3 nitrogen and oxygen atoms in total. The van der Waals surface area contributed by atoms with Crippen molar-refractivity contribution in [1.82, 2.24) is 5.32 Å². The van der Waals surface area contributed by atoms with Crippen LogP contribution in [0.15, 0.2) is 0 Å². The standard InChI is InChI=1S/C5H11NO2/c1-4-5(8,3-7)2-6-4/h4,6-8H,2-3H2,1H3/t4-,5?/m1/s1. The molecule has 1 rings (SSSR count). The third-order valence-corrected chi connectivity index (χ3v) is 1.79. The molecule has 0 bridgehead atoms. The van der Waals surface area contributed by atoms with Crippen LogP contribution in [-0.4, -0.2) is 35.0 Å². The second-order valence-electron chi connectivity index (χ2n) is 2.36. The number of β-amino-alcohol motifs (C(OH)–C–C–N with tert-alkyl or cyclic N) is 1. The van der Waals surface area contributed by atoms with Gasteiger partial charge in [-0.1, -0.05) is 0 Å². The minimum Gasteiger partial charge on any atom is -0.393 e. The Hall–Kier alpha value is -0.120. The van der Waals surface area contributed by atoms with E-state index in [1.54, 1.807) is 0 Å². The van der Waals surface area contributed by atoms with Gasteiger partial charge in [0.1, 0.15) is 5.60 Å². The zero-order valence-electron chi connectivity index (χ0n) is 4.89. The molecule has 1 unspecified atom stereocenters. The van der Waals surface area contributed by atoms with Gasteiger partial charge in [-0.25, -0.2) is 0 Å². The molecule has 0 aromatic carbocycles. The van der Waals surface area contributed by atoms with Crippen LogP contribution in [0.25, 0.3) is 0 Å². The molecule has 1 saturated heterocycles. The number of aliphatic hydroxyl groups is 2. The fraction of sp³-hybridized carbons (Fsp3) is 1.00. The lowest BCUT2D eigenvalue weighted by atomic mass is 9.89. The first-order chi connectivity index (χ1) is 3.69. The van der Waals surface area contributed by atoms with Gasteiger partial charge in [-0.3, -0.25) is 0 Å². The van der Waals surface area contributed by atoms with Crippen LogP contribution in [-0.2, 0) is 0 Å². The first-order valence-electron chi connectivity index (χ1n) is 2.76. The maximum atomic E-state index is 9.17. The Morgan fingerprint density at radius 3 is 2.50 bits per heavy atom. The molecule has 0 aliphatic carbocycles. The SMILES string of the molecule is C[C@H]1NCC1(O)CO. The summed E-state index contributed by atoms with van der Waals surface area (Å²) >= 11 is 0. The van der Waals surface area contributed by atoms with E-state index in [1.807, 2.05) is 6.92 Å². The molecular weight excluding hydrogens is 106 g/mol. The molecule has 2 atom stereocenters. The predicted octanol–water partition coefficient (Wildman–Crippen LogP) is -1.30. The molecule has 8 heavy (non-hydrogen) atoms. The lowest BCUT2D eigenvalue weighted by molar-refractivity contribution is -0.0876. The molecule has 1 aliphatic rings. The monoisotopic (exact) mass is 117 g/mol. The van der Waals surface area contributed by atoms with Gasteiger partial charge in [-0.2, -0.15) is 0 Å². The van der Waals surface area contributed by atoms with Crippen molar-refractivity contribution in [3.63, 3.8) is 0 Å². The Morgan fingerprint density at radius 2 is 2.50 bits per heavy atom. The second kappa shape index (κ2) is 1.69. The highest BCUT2D eigenvalue weighted by molar-refractivity contribution is 4.99. The third kappa shape index (κ3) is 0.632. The molecule has 0 saturated carbocycles. The van der Waals surface area contributed by atoms with Crippen molar-refractivity contribution < 1.29 is 10.2 Å². The van der Waals surface area contributed by atoms with Crippen LogP contribution in [0.4, 0.5) is 0 Å². The maximum absolute atomic E-state index is 9.17. The van der Waals surface area contributed by atoms with Crippen molar-refractivity contribution in [2.45, 2.75) is 18.6 Å². The summed E-state index contributed by atoms with van der Waals surface area (Å²) in [6.45, 7) is 2.23. The smallest absolute Gasteiger partial charge is 0.115 e. The minimum atomic E-state index is -0.833. The minimum absolute atomic E-state index is 0.0486. The number of hydrogen-bond donors (Lipinski definition) is 3. The van der Waals surface area contributed by atoms with E-state index in [0.29, 0.717) is 6.54 Å². The second-order valence-corrected chi connectivity index (χ2v) is 2.36. The summed E-state index contributed by atoms with van der Waals surface area (Å²) in [5, 5.41) is 20.6. The van der Waals surface area contributed by atoms with Crippen molar-refractivity contribution in [2.75, 3.05) is 13.2 Å². The van der Waals surface area contributed by atoms with Gasteiger partial charge in [0.2, 0.25) is 0 Å². The predicted molar refractivity (Wildman–Crippen MR) is 29.5 cm³/mol. The van der Waals surface area contributed by atoms with E-state index in [0.717, 1.165) is 0 Å². The van der Waals surface area contributed by atoms with Crippen LogP contribution in [0, 0.1) is 0 Å². The van der Waals surface area contributed by atoms with Gasteiger partial charge in [0.15, 0.2) is 0 Å². The van der Waals surface area contributed by atoms with Crippen molar-refractivity contribution in [2.24, 2.45) is 0 Å². The maximum Gasteiger partial charge on any atom is 0.115 e. The summed E-state index contributed by atoms with van der Waals surface area (Å²) in [5.74, 6) is 0. The molecule has 1 heterocycles. The van der Waals surface area contributed by atoms with E-state index in [1.165, 1.54) is 0 Å². The van der Waals surface area contributed by atoms with E-state index in [-0.39, 0.29) is 12.6 Å². The first kappa shape index (κ1) is 6.01. The lowest BCUT2D eigenvalue weighted by Crippen LogP contribution is -2.68. The highest BCUT2D eigenvalue weighted by Crippen LogP contribution is 2.16. The van der Waals surface area contributed by atoms with Gasteiger partial charge in [0.05, 0.1) is 6.61 Å². The van der Waals surface area contributed by atoms with Gasteiger partial charge >= 0.3 is 0 Å². The summed E-state index contributed by atoms with van der Waals surface area (Å²) in [4.78, 5) is 0. The van der Waals surface area contributed by atoms with Gasteiger partial charge in [0, 0.05) is 12.6 Å². The number of rotatable bonds is 1. The topological polar surface area (TPSA) is 52.5 Å². The molecule has 0 amide bonds. The van der Waals surface area contributed by atoms with Crippen LogP contribution in [0.1, 0.15) is 6.92 Å². The molecule has 0 aromatic rings. The highest BCUT2D eigenvalue weighted by atomic mass is 16.3. The van der Waals surface area contributed by atoms with Crippen molar-refractivity contribution >= 4 is 0 Å². The van der Waals surface area contributed by atoms with Gasteiger partial charge in [-0.05, 0) is 6.92 Å². The van der Waals surface area contributed by atoms with Crippen molar-refractivity contribution in [1.29, 1.82) is 0 Å². The molecule has 0 aromatic heterocycles. The Kier molecular flexibility index (Phi) is 1.27. The number of aliphatic hydroxyl groups excluding tert-OH is 1. The van der Waals surface area contributed by atoms with Gasteiger partial charge < -0.3 is 15.5 Å². The quantitative estimate of drug-likeness (QED) is 0.400. The third-order valence-electron chi connectivity index (χ3n) is 1.79. The fourth-order valence-electron chi connectivity index (χ4n) is 0.735. The fourth-order valence-corrected chi connectivity index (χ4v) is 0.735. The van der Waals surface area contributed by atoms with Crippen LogP contribution in [0.3, 0.4) is 0 Å². The summed E-state index contributed by atoms with van der Waals surface area (Å²) < 4.78 is 0. The van der Waals surface area contributed by atoms with Crippen LogP contribution in [0.5, 0.6) is 0 Å². The summed E-state index contributed by atoms with van der Waals surface area (Å²) in [6.07, 6.45) is 0. The van der Waals surface area contributed by atoms with Gasteiger partial charge in [0.25, 0.3) is 0 Å². The average molecular weight is 117 g/mol. The van der Waals surface area contributed by atoms with Crippen LogP contribution >= 0.6 is 0 Å². The van der Waals surface area contributed by atoms with E-state index in [9.17, 15) is 5.11 Å². The van der Waals surface area contributed by atoms with Crippen molar-refractivity contribution in [3.05, 3.63) is 0 Å². The van der Waals surface area contributed by atoms with Gasteiger partial charge in [-0.15, -0.1) is 0 Å². The van der Waals surface area contributed by atoms with Crippen LogP contribution in [0.2, 0.25) is 0 Å². The highest BCUT2D eigenvalue weighted by Gasteiger charge is 2.41. The van der Waals surface area contributed by atoms with Crippen LogP contribution < -0.4 is 5.32 Å². The normalized spacial score (nSPS) is 46.1. The summed E-state index contributed by atoms with van der Waals surface area (Å²) in [5.41, 5.74) is -0.833. The van der Waals surface area contributed by atoms with E-state index in [2.05, 4.69) is 5.32 Å². The molecule has 3 heteroatoms. The van der Waals surface area contributed by atoms with E-state index >= 15 is 0 Å². The average Bonchev–Trinajstić information content (AvgIpc) is 1.83. The largest absolute Gasteiger partial charge is 0.393 e. The molecule has 48 valence electrons. The van der Waals surface area contributed by atoms with E-state index < -0.39 is 5.60 Å². The Morgan fingerprint density at radius 1 is 1.88 bits per heavy atom. The Balaban J connectivity index is 2.42. The lowest BCUT2D eigenvalue weighted by Gasteiger charge is -2.43. The molecule has 0 radical (unpaired) electrons. The molecule has 1 aliphatic heterocycles. The zero-order chi connectivity index (χ0) is 6.20. The molecule has 0 spiro atoms. The molecule has 1 fully saturated rings. The van der Waals surface area contributed by atoms with Crippen molar-refractivity contribution in [3.8, 4) is 0 Å². The zero-order valence-corrected chi connectivity index (χ0v) is 4.89. The Labute approximate surface area is 48.3 Å². The summed E-state index contributed by atoms with van der Waals surface area (Å²) in [7, 11) is 0. The number of hydrogen-bond acceptors (Lipinski definition) is 3. The number of nitrogens with one attached hydrogen (secondary N) is 1. The summed E-state index contributed by atoms with van der Waals surface area (Å²) in [6, 6.07) is 0.0486. The van der Waals surface area contributed by atoms with E-state index in [4.69, 9.17) is 5.11 Å². The Bertz CT molecular complexity index is 92.4. The first-order valence-corrected chi connectivity index (χ1v) is 2.76.